The molecule has 0 unspecified atom stereocenters. The molecule has 0 radical (unpaired) electrons. The van der Waals surface area contributed by atoms with Crippen LogP contribution in [-0.4, -0.2) is 9.13 Å². The third kappa shape index (κ3) is 6.21. The van der Waals surface area contributed by atoms with Gasteiger partial charge in [-0.1, -0.05) is 120 Å². The Labute approximate surface area is 347 Å². The quantitative estimate of drug-likeness (QED) is 0.158. The number of para-hydroxylation sites is 2. The van der Waals surface area contributed by atoms with Crippen molar-refractivity contribution in [2.75, 3.05) is 0 Å². The lowest BCUT2D eigenvalue weighted by Crippen LogP contribution is -2.10. The molecule has 0 spiro atoms. The molecule has 294 valence electrons. The van der Waals surface area contributed by atoms with Gasteiger partial charge in [0.2, 0.25) is 0 Å². The van der Waals surface area contributed by atoms with Gasteiger partial charge in [0.1, 0.15) is 0 Å². The molecule has 7 heteroatoms. The summed E-state index contributed by atoms with van der Waals surface area (Å²) in [5.74, 6) is 0. The molecule has 7 aromatic carbocycles. The molecule has 0 aliphatic heterocycles. The van der Waals surface area contributed by atoms with Crippen molar-refractivity contribution in [2.45, 2.75) is 58.5 Å². The standard InChI is InChI=1S/C53H41F3N4/c1-51(2,3)33-22-26-46-39(29-33)37-14-9-11-17-44(37)59(46)48-25-20-32(36-24-21-35(53(54,55)56)31-43(36)58-8)28-41(48)50-42(57-7)16-13-19-49(50)60-45-18-12-10-15-38(45)40-30-34(52(4,5)6)23-27-47(40)60/h9-31H,1-6H3. The van der Waals surface area contributed by atoms with Crippen LogP contribution in [0.25, 0.3) is 86.9 Å². The van der Waals surface area contributed by atoms with E-state index in [9.17, 15) is 13.2 Å². The Bertz CT molecular complexity index is 3300. The van der Waals surface area contributed by atoms with Crippen LogP contribution >= 0.6 is 0 Å². The van der Waals surface area contributed by atoms with Crippen LogP contribution in [0.1, 0.15) is 58.2 Å². The zero-order valence-corrected chi connectivity index (χ0v) is 34.2. The number of halogens is 3. The zero-order valence-electron chi connectivity index (χ0n) is 34.2. The third-order valence-electron chi connectivity index (χ3n) is 11.7. The molecule has 60 heavy (non-hydrogen) atoms. The van der Waals surface area contributed by atoms with Crippen LogP contribution < -0.4 is 0 Å². The van der Waals surface area contributed by atoms with E-state index in [0.29, 0.717) is 27.9 Å². The molecule has 0 amide bonds. The molecule has 0 aliphatic rings. The molecule has 0 fully saturated rings. The fourth-order valence-corrected chi connectivity index (χ4v) is 8.63. The predicted octanol–water partition coefficient (Wildman–Crippen LogP) is 15.9. The fraction of sp³-hybridized carbons (Fsp3) is 0.170. The lowest BCUT2D eigenvalue weighted by Gasteiger charge is -2.22. The van der Waals surface area contributed by atoms with E-state index in [0.717, 1.165) is 67.1 Å². The van der Waals surface area contributed by atoms with Gasteiger partial charge in [-0.2, -0.15) is 13.2 Å². The summed E-state index contributed by atoms with van der Waals surface area (Å²) in [6.07, 6.45) is -4.60. The fourth-order valence-electron chi connectivity index (χ4n) is 8.63. The summed E-state index contributed by atoms with van der Waals surface area (Å²) < 4.78 is 46.2. The summed E-state index contributed by atoms with van der Waals surface area (Å²) in [7, 11) is 0. The van der Waals surface area contributed by atoms with E-state index in [1.165, 1.54) is 17.2 Å². The summed E-state index contributed by atoms with van der Waals surface area (Å²) in [6, 6.07) is 44.6. The van der Waals surface area contributed by atoms with Gasteiger partial charge in [0.15, 0.2) is 11.4 Å². The Morgan fingerprint density at radius 3 is 1.48 bits per heavy atom. The summed E-state index contributed by atoms with van der Waals surface area (Å²) in [6.45, 7) is 29.8. The number of rotatable bonds is 4. The van der Waals surface area contributed by atoms with E-state index in [1.54, 1.807) is 0 Å². The Morgan fingerprint density at radius 1 is 0.433 bits per heavy atom. The molecule has 2 aromatic heterocycles. The molecular weight excluding hydrogens is 750 g/mol. The van der Waals surface area contributed by atoms with Gasteiger partial charge in [-0.15, -0.1) is 0 Å². The molecular formula is C53H41F3N4. The van der Waals surface area contributed by atoms with Gasteiger partial charge in [-0.05, 0) is 99.3 Å². The second-order valence-electron chi connectivity index (χ2n) is 17.5. The first-order valence-corrected chi connectivity index (χ1v) is 19.9. The highest BCUT2D eigenvalue weighted by Crippen LogP contribution is 2.47. The average molecular weight is 791 g/mol. The molecule has 0 bridgehead atoms. The number of hydrogen-bond donors (Lipinski definition) is 0. The zero-order chi connectivity index (χ0) is 42.3. The maximum Gasteiger partial charge on any atom is 0.415 e. The molecule has 0 saturated carbocycles. The van der Waals surface area contributed by atoms with Gasteiger partial charge in [-0.25, -0.2) is 9.69 Å². The van der Waals surface area contributed by atoms with Gasteiger partial charge in [-0.3, -0.25) is 0 Å². The first-order chi connectivity index (χ1) is 28.6. The number of benzene rings is 7. The van der Waals surface area contributed by atoms with E-state index in [2.05, 4.69) is 121 Å². The normalized spacial score (nSPS) is 12.4. The molecule has 0 aliphatic carbocycles. The van der Waals surface area contributed by atoms with Crippen molar-refractivity contribution in [1.82, 2.24) is 9.13 Å². The summed E-state index contributed by atoms with van der Waals surface area (Å²) in [5, 5.41) is 4.33. The lowest BCUT2D eigenvalue weighted by molar-refractivity contribution is -0.137. The molecule has 4 nitrogen and oxygen atoms in total. The number of alkyl halides is 3. The van der Waals surface area contributed by atoms with E-state index in [1.807, 2.05) is 60.7 Å². The van der Waals surface area contributed by atoms with Gasteiger partial charge >= 0.3 is 6.18 Å². The van der Waals surface area contributed by atoms with Crippen molar-refractivity contribution in [3.8, 4) is 33.6 Å². The van der Waals surface area contributed by atoms with Crippen LogP contribution in [0.2, 0.25) is 0 Å². The number of hydrogen-bond acceptors (Lipinski definition) is 0. The lowest BCUT2D eigenvalue weighted by atomic mass is 9.86. The van der Waals surface area contributed by atoms with Crippen LogP contribution in [0.5, 0.6) is 0 Å². The van der Waals surface area contributed by atoms with E-state index >= 15 is 0 Å². The number of aromatic nitrogens is 2. The average Bonchev–Trinajstić information content (AvgIpc) is 3.74. The van der Waals surface area contributed by atoms with Gasteiger partial charge in [0.25, 0.3) is 0 Å². The van der Waals surface area contributed by atoms with Crippen molar-refractivity contribution in [3.63, 3.8) is 0 Å². The monoisotopic (exact) mass is 790 g/mol. The van der Waals surface area contributed by atoms with Crippen molar-refractivity contribution in [3.05, 3.63) is 179 Å². The highest BCUT2D eigenvalue weighted by molar-refractivity contribution is 6.12. The largest absolute Gasteiger partial charge is 0.415 e. The number of nitrogens with zero attached hydrogens (tertiary/aromatic N) is 4. The minimum Gasteiger partial charge on any atom is -0.310 e. The molecule has 2 heterocycles. The predicted molar refractivity (Wildman–Crippen MR) is 241 cm³/mol. The SMILES string of the molecule is [C-]#[N+]c1cc(C(F)(F)F)ccc1-c1ccc(-n2c3ccccc3c3cc(C(C)(C)C)ccc32)c(-c2c([N+]#[C-])cccc2-n2c3ccccc3c3cc(C(C)(C)C)ccc32)c1. The van der Waals surface area contributed by atoms with Gasteiger partial charge in [0, 0.05) is 38.4 Å². The maximum atomic E-state index is 13.9. The maximum absolute atomic E-state index is 13.9. The van der Waals surface area contributed by atoms with E-state index in [4.69, 9.17) is 13.1 Å². The first-order valence-electron chi connectivity index (χ1n) is 19.9. The minimum absolute atomic E-state index is 0.0830. The smallest absolute Gasteiger partial charge is 0.310 e. The van der Waals surface area contributed by atoms with Gasteiger partial charge < -0.3 is 9.13 Å². The van der Waals surface area contributed by atoms with Crippen LogP contribution in [-0.2, 0) is 17.0 Å². The van der Waals surface area contributed by atoms with Crippen molar-refractivity contribution in [2.24, 2.45) is 0 Å². The van der Waals surface area contributed by atoms with Gasteiger partial charge in [0.05, 0.1) is 40.9 Å². The topological polar surface area (TPSA) is 18.6 Å². The van der Waals surface area contributed by atoms with Crippen molar-refractivity contribution >= 4 is 55.0 Å². The Kier molecular flexibility index (Phi) is 8.81. The van der Waals surface area contributed by atoms with Crippen LogP contribution in [0, 0.1) is 13.1 Å². The highest BCUT2D eigenvalue weighted by atomic mass is 19.4. The molecule has 9 rings (SSSR count). The Hall–Kier alpha value is -7.09. The minimum atomic E-state index is -4.60. The van der Waals surface area contributed by atoms with Crippen molar-refractivity contribution < 1.29 is 13.2 Å². The molecule has 0 saturated heterocycles. The van der Waals surface area contributed by atoms with Crippen LogP contribution in [0.4, 0.5) is 24.5 Å². The van der Waals surface area contributed by atoms with Crippen LogP contribution in [0.15, 0.2) is 140 Å². The van der Waals surface area contributed by atoms with Crippen LogP contribution in [0.3, 0.4) is 0 Å². The second kappa shape index (κ2) is 13.8. The summed E-state index contributed by atoms with van der Waals surface area (Å²) in [4.78, 5) is 7.72. The van der Waals surface area contributed by atoms with E-state index < -0.39 is 11.7 Å². The summed E-state index contributed by atoms with van der Waals surface area (Å²) >= 11 is 0. The molecule has 9 aromatic rings. The van der Waals surface area contributed by atoms with Crippen molar-refractivity contribution in [1.29, 1.82) is 0 Å². The molecule has 0 atom stereocenters. The second-order valence-corrected chi connectivity index (χ2v) is 17.5. The Morgan fingerprint density at radius 2 is 0.950 bits per heavy atom. The first kappa shape index (κ1) is 38.4. The Balaban J connectivity index is 1.42. The highest BCUT2D eigenvalue weighted by Gasteiger charge is 2.31. The van der Waals surface area contributed by atoms with E-state index in [-0.39, 0.29) is 16.5 Å². The third-order valence-corrected chi connectivity index (χ3v) is 11.7. The number of fused-ring (bicyclic) bond motifs is 6. The molecule has 0 N–H and O–H groups in total. The summed E-state index contributed by atoms with van der Waals surface area (Å²) in [5.41, 5.74) is 9.43.